The van der Waals surface area contributed by atoms with Gasteiger partial charge in [0.1, 0.15) is 0 Å². The normalized spacial score (nSPS) is 11.1. The van der Waals surface area contributed by atoms with E-state index in [0.29, 0.717) is 11.3 Å². The Kier molecular flexibility index (Phi) is 6.30. The molecule has 0 aliphatic carbocycles. The molecule has 0 heterocycles. The van der Waals surface area contributed by atoms with Crippen molar-refractivity contribution in [2.45, 2.75) is 16.7 Å². The zero-order valence-electron chi connectivity index (χ0n) is 16.3. The first-order valence-corrected chi connectivity index (χ1v) is 11.5. The lowest BCUT2D eigenvalue weighted by Crippen LogP contribution is -2.14. The molecule has 0 aliphatic heterocycles. The third-order valence-corrected chi connectivity index (χ3v) is 6.65. The van der Waals surface area contributed by atoms with Gasteiger partial charge in [-0.15, -0.1) is 11.8 Å². The predicted octanol–water partition coefficient (Wildman–Crippen LogP) is 4.97. The number of aryl methyl sites for hydroxylation is 1. The molecule has 7 heteroatoms. The molecule has 150 valence electrons. The van der Waals surface area contributed by atoms with E-state index in [4.69, 9.17) is 4.74 Å². The molecule has 0 aromatic heterocycles. The summed E-state index contributed by atoms with van der Waals surface area (Å²) in [6.07, 6.45) is 2.02. The van der Waals surface area contributed by atoms with Crippen LogP contribution in [-0.4, -0.2) is 27.8 Å². The Balaban J connectivity index is 1.87. The maximum atomic E-state index is 12.8. The molecule has 0 radical (unpaired) electrons. The molecular weight excluding hydrogens is 406 g/mol. The molecule has 3 rings (SSSR count). The third-order valence-electron chi connectivity index (χ3n) is 4.48. The average Bonchev–Trinajstić information content (AvgIpc) is 2.73. The number of thioether (sulfide) groups is 1. The van der Waals surface area contributed by atoms with E-state index in [-0.39, 0.29) is 10.5 Å². The molecule has 5 nitrogen and oxygen atoms in total. The van der Waals surface area contributed by atoms with E-state index < -0.39 is 16.0 Å². The molecule has 0 bridgehead atoms. The van der Waals surface area contributed by atoms with Gasteiger partial charge >= 0.3 is 5.97 Å². The number of rotatable bonds is 6. The Hall–Kier alpha value is -2.77. The van der Waals surface area contributed by atoms with Gasteiger partial charge in [-0.05, 0) is 60.2 Å². The quantitative estimate of drug-likeness (QED) is 0.444. The number of methoxy groups -OCH3 is 1. The fourth-order valence-corrected chi connectivity index (χ4v) is 4.62. The molecule has 3 aromatic carbocycles. The van der Waals surface area contributed by atoms with Gasteiger partial charge < -0.3 is 4.74 Å². The summed E-state index contributed by atoms with van der Waals surface area (Å²) in [4.78, 5) is 13.0. The van der Waals surface area contributed by atoms with Crippen molar-refractivity contribution in [2.24, 2.45) is 0 Å². The molecule has 29 heavy (non-hydrogen) atoms. The summed E-state index contributed by atoms with van der Waals surface area (Å²) < 4.78 is 32.8. The van der Waals surface area contributed by atoms with Crippen LogP contribution in [0, 0.1) is 6.92 Å². The summed E-state index contributed by atoms with van der Waals surface area (Å²) >= 11 is 1.66. The Bertz CT molecular complexity index is 1140. The van der Waals surface area contributed by atoms with Crippen molar-refractivity contribution >= 4 is 33.4 Å². The van der Waals surface area contributed by atoms with Crippen LogP contribution >= 0.6 is 11.8 Å². The van der Waals surface area contributed by atoms with Crippen molar-refractivity contribution < 1.29 is 17.9 Å². The van der Waals surface area contributed by atoms with Gasteiger partial charge in [-0.2, -0.15) is 0 Å². The molecular formula is C22H21NO4S2. The minimum atomic E-state index is -3.85. The lowest BCUT2D eigenvalue weighted by atomic mass is 10.1. The molecule has 0 aliphatic rings. The van der Waals surface area contributed by atoms with Gasteiger partial charge in [0.2, 0.25) is 0 Å². The molecule has 1 N–H and O–H groups in total. The number of esters is 1. The van der Waals surface area contributed by atoms with E-state index in [1.54, 1.807) is 36.9 Å². The van der Waals surface area contributed by atoms with Crippen LogP contribution < -0.4 is 4.72 Å². The van der Waals surface area contributed by atoms with E-state index in [1.807, 2.05) is 42.7 Å². The molecule has 3 aromatic rings. The Morgan fingerprint density at radius 2 is 1.69 bits per heavy atom. The standard InChI is InChI=1S/C22H21NO4S2/c1-15-8-13-18(14-20(15)22(24)27-2)29(25,26)23-17-11-9-16(10-12-17)19-6-4-5-7-21(19)28-3/h4-14,23H,1-3H3. The molecule has 0 spiro atoms. The van der Waals surface area contributed by atoms with Crippen molar-refractivity contribution in [3.63, 3.8) is 0 Å². The topological polar surface area (TPSA) is 72.5 Å². The molecule has 0 saturated carbocycles. The smallest absolute Gasteiger partial charge is 0.338 e. The highest BCUT2D eigenvalue weighted by Gasteiger charge is 2.18. The highest BCUT2D eigenvalue weighted by Crippen LogP contribution is 2.31. The van der Waals surface area contributed by atoms with Crippen molar-refractivity contribution in [1.29, 1.82) is 0 Å². The Morgan fingerprint density at radius 3 is 2.34 bits per heavy atom. The van der Waals surface area contributed by atoms with Crippen molar-refractivity contribution in [2.75, 3.05) is 18.1 Å². The van der Waals surface area contributed by atoms with Crippen LogP contribution in [0.3, 0.4) is 0 Å². The molecule has 0 amide bonds. The highest BCUT2D eigenvalue weighted by atomic mass is 32.2. The number of hydrogen-bond acceptors (Lipinski definition) is 5. The van der Waals surface area contributed by atoms with Gasteiger partial charge in [-0.1, -0.05) is 36.4 Å². The van der Waals surface area contributed by atoms with E-state index in [1.165, 1.54) is 19.2 Å². The number of hydrogen-bond donors (Lipinski definition) is 1. The third kappa shape index (κ3) is 4.63. The minimum Gasteiger partial charge on any atom is -0.465 e. The zero-order chi connectivity index (χ0) is 21.0. The Labute approximate surface area is 175 Å². The summed E-state index contributed by atoms with van der Waals surface area (Å²) in [5.41, 5.74) is 3.40. The summed E-state index contributed by atoms with van der Waals surface area (Å²) in [7, 11) is -2.58. The fourth-order valence-electron chi connectivity index (χ4n) is 2.91. The number of sulfonamides is 1. The van der Waals surface area contributed by atoms with Gasteiger partial charge in [0, 0.05) is 10.6 Å². The van der Waals surface area contributed by atoms with Gasteiger partial charge in [-0.25, -0.2) is 13.2 Å². The number of carbonyl (C=O) groups excluding carboxylic acids is 1. The van der Waals surface area contributed by atoms with E-state index in [2.05, 4.69) is 4.72 Å². The van der Waals surface area contributed by atoms with E-state index >= 15 is 0 Å². The highest BCUT2D eigenvalue weighted by molar-refractivity contribution is 7.98. The maximum Gasteiger partial charge on any atom is 0.338 e. The van der Waals surface area contributed by atoms with Gasteiger partial charge in [0.15, 0.2) is 0 Å². The first-order chi connectivity index (χ1) is 13.9. The van der Waals surface area contributed by atoms with Crippen LogP contribution in [0.5, 0.6) is 0 Å². The van der Waals surface area contributed by atoms with E-state index in [9.17, 15) is 13.2 Å². The lowest BCUT2D eigenvalue weighted by molar-refractivity contribution is 0.0599. The number of nitrogens with one attached hydrogen (secondary N) is 1. The van der Waals surface area contributed by atoms with Crippen LogP contribution in [0.1, 0.15) is 15.9 Å². The van der Waals surface area contributed by atoms with Crippen LogP contribution in [0.4, 0.5) is 5.69 Å². The summed E-state index contributed by atoms with van der Waals surface area (Å²) in [5.74, 6) is -0.573. The van der Waals surface area contributed by atoms with Crippen molar-refractivity contribution in [1.82, 2.24) is 0 Å². The predicted molar refractivity (Wildman–Crippen MR) is 117 cm³/mol. The van der Waals surface area contributed by atoms with Gasteiger partial charge in [-0.3, -0.25) is 4.72 Å². The lowest BCUT2D eigenvalue weighted by Gasteiger charge is -2.12. The maximum absolute atomic E-state index is 12.8. The second-order valence-electron chi connectivity index (χ2n) is 6.35. The minimum absolute atomic E-state index is 0.000283. The second-order valence-corrected chi connectivity index (χ2v) is 8.88. The largest absolute Gasteiger partial charge is 0.465 e. The zero-order valence-corrected chi connectivity index (χ0v) is 17.9. The number of ether oxygens (including phenoxy) is 1. The number of anilines is 1. The van der Waals surface area contributed by atoms with Crippen LogP contribution in [0.15, 0.2) is 76.5 Å². The average molecular weight is 428 g/mol. The summed E-state index contributed by atoms with van der Waals surface area (Å²) in [6.45, 7) is 1.72. The monoisotopic (exact) mass is 427 g/mol. The van der Waals surface area contributed by atoms with Crippen molar-refractivity contribution in [3.8, 4) is 11.1 Å². The first kappa shape index (κ1) is 21.0. The fraction of sp³-hybridized carbons (Fsp3) is 0.136. The molecule has 0 fully saturated rings. The number of benzene rings is 3. The van der Waals surface area contributed by atoms with E-state index in [0.717, 1.165) is 16.0 Å². The summed E-state index contributed by atoms with van der Waals surface area (Å²) in [6, 6.07) is 19.6. The van der Waals surface area contributed by atoms with Crippen LogP contribution in [0.2, 0.25) is 0 Å². The van der Waals surface area contributed by atoms with Crippen molar-refractivity contribution in [3.05, 3.63) is 77.9 Å². The number of carbonyl (C=O) groups is 1. The molecule has 0 atom stereocenters. The SMILES string of the molecule is COC(=O)c1cc(S(=O)(=O)Nc2ccc(-c3ccccc3SC)cc2)ccc1C. The Morgan fingerprint density at radius 1 is 1.00 bits per heavy atom. The molecule has 0 saturated heterocycles. The van der Waals surface area contributed by atoms with Gasteiger partial charge in [0.05, 0.1) is 17.6 Å². The summed E-state index contributed by atoms with van der Waals surface area (Å²) in [5, 5.41) is 0. The van der Waals surface area contributed by atoms with Crippen LogP contribution in [-0.2, 0) is 14.8 Å². The first-order valence-electron chi connectivity index (χ1n) is 8.81. The molecule has 0 unspecified atom stereocenters. The van der Waals surface area contributed by atoms with Crippen LogP contribution in [0.25, 0.3) is 11.1 Å². The van der Waals surface area contributed by atoms with Gasteiger partial charge in [0.25, 0.3) is 10.0 Å². The second kappa shape index (κ2) is 8.71.